The lowest BCUT2D eigenvalue weighted by Gasteiger charge is -2.14. The molecule has 0 unspecified atom stereocenters. The Hall–Kier alpha value is -1.84. The highest BCUT2D eigenvalue weighted by Crippen LogP contribution is 2.23. The van der Waals surface area contributed by atoms with Crippen LogP contribution in [0.4, 0.5) is 0 Å². The molecule has 1 aromatic rings. The lowest BCUT2D eigenvalue weighted by molar-refractivity contribution is -0.144. The summed E-state index contributed by atoms with van der Waals surface area (Å²) in [5.74, 6) is -1.60. The summed E-state index contributed by atoms with van der Waals surface area (Å²) in [5, 5.41) is 8.84. The molecule has 4 nitrogen and oxygen atoms in total. The minimum absolute atomic E-state index is 0.0666. The van der Waals surface area contributed by atoms with Gasteiger partial charge in [-0.15, -0.1) is 0 Å². The van der Waals surface area contributed by atoms with Gasteiger partial charge in [0.05, 0.1) is 19.4 Å². The summed E-state index contributed by atoms with van der Waals surface area (Å²) in [7, 11) is 0. The Morgan fingerprint density at radius 2 is 1.88 bits per heavy atom. The Bertz CT molecular complexity index is 372. The minimum atomic E-state index is -0.914. The van der Waals surface area contributed by atoms with Crippen LogP contribution >= 0.6 is 0 Å². The molecule has 0 saturated heterocycles. The fraction of sp³-hybridized carbons (Fsp3) is 0.385. The average Bonchev–Trinajstić information content (AvgIpc) is 2.29. The highest BCUT2D eigenvalue weighted by molar-refractivity contribution is 5.73. The first-order valence-corrected chi connectivity index (χ1v) is 5.55. The van der Waals surface area contributed by atoms with Crippen LogP contribution in [0.1, 0.15) is 31.2 Å². The number of ether oxygens (including phenoxy) is 1. The number of hydrogen-bond acceptors (Lipinski definition) is 3. The molecule has 0 radical (unpaired) electrons. The van der Waals surface area contributed by atoms with Crippen molar-refractivity contribution in [3.63, 3.8) is 0 Å². The molecule has 1 atom stereocenters. The maximum absolute atomic E-state index is 11.4. The van der Waals surface area contributed by atoms with E-state index in [-0.39, 0.29) is 24.7 Å². The van der Waals surface area contributed by atoms with E-state index in [0.717, 1.165) is 5.56 Å². The van der Waals surface area contributed by atoms with Gasteiger partial charge in [-0.3, -0.25) is 9.59 Å². The first-order valence-electron chi connectivity index (χ1n) is 5.55. The molecular weight excluding hydrogens is 220 g/mol. The van der Waals surface area contributed by atoms with Crippen molar-refractivity contribution in [3.05, 3.63) is 35.9 Å². The second-order valence-corrected chi connectivity index (χ2v) is 3.71. The van der Waals surface area contributed by atoms with Crippen molar-refractivity contribution in [2.75, 3.05) is 6.61 Å². The van der Waals surface area contributed by atoms with Gasteiger partial charge in [-0.05, 0) is 12.5 Å². The van der Waals surface area contributed by atoms with Gasteiger partial charge >= 0.3 is 11.9 Å². The summed E-state index contributed by atoms with van der Waals surface area (Å²) in [6, 6.07) is 9.16. The van der Waals surface area contributed by atoms with Gasteiger partial charge < -0.3 is 9.84 Å². The van der Waals surface area contributed by atoms with Crippen LogP contribution < -0.4 is 0 Å². The number of esters is 1. The zero-order chi connectivity index (χ0) is 12.7. The number of rotatable bonds is 6. The van der Waals surface area contributed by atoms with Gasteiger partial charge in [-0.25, -0.2) is 0 Å². The normalized spacial score (nSPS) is 11.8. The van der Waals surface area contributed by atoms with Crippen molar-refractivity contribution in [3.8, 4) is 0 Å². The highest BCUT2D eigenvalue weighted by atomic mass is 16.5. The van der Waals surface area contributed by atoms with E-state index in [1.807, 2.05) is 30.3 Å². The summed E-state index contributed by atoms with van der Waals surface area (Å²) < 4.78 is 4.84. The Morgan fingerprint density at radius 3 is 2.41 bits per heavy atom. The lowest BCUT2D eigenvalue weighted by atomic mass is 9.93. The third-order valence-corrected chi connectivity index (χ3v) is 2.41. The van der Waals surface area contributed by atoms with E-state index in [2.05, 4.69) is 0 Å². The molecule has 0 spiro atoms. The van der Waals surface area contributed by atoms with Gasteiger partial charge in [0.15, 0.2) is 0 Å². The smallest absolute Gasteiger partial charge is 0.306 e. The van der Waals surface area contributed by atoms with Crippen molar-refractivity contribution >= 4 is 11.9 Å². The molecule has 0 fully saturated rings. The maximum Gasteiger partial charge on any atom is 0.306 e. The van der Waals surface area contributed by atoms with Gasteiger partial charge in [-0.1, -0.05) is 30.3 Å². The predicted octanol–water partition coefficient (Wildman–Crippen LogP) is 2.20. The highest BCUT2D eigenvalue weighted by Gasteiger charge is 2.19. The fourth-order valence-corrected chi connectivity index (χ4v) is 1.66. The molecule has 17 heavy (non-hydrogen) atoms. The van der Waals surface area contributed by atoms with Gasteiger partial charge in [0, 0.05) is 5.92 Å². The quantitative estimate of drug-likeness (QED) is 0.769. The van der Waals surface area contributed by atoms with E-state index in [0.29, 0.717) is 6.61 Å². The monoisotopic (exact) mass is 236 g/mol. The van der Waals surface area contributed by atoms with Gasteiger partial charge in [0.25, 0.3) is 0 Å². The van der Waals surface area contributed by atoms with Crippen LogP contribution in [0.15, 0.2) is 30.3 Å². The van der Waals surface area contributed by atoms with E-state index < -0.39 is 5.97 Å². The molecule has 4 heteroatoms. The SMILES string of the molecule is CCOC(=O)C[C@@H](CC(=O)O)c1ccccc1. The zero-order valence-electron chi connectivity index (χ0n) is 9.76. The Labute approximate surface area is 100 Å². The van der Waals surface area contributed by atoms with Crippen LogP contribution in [-0.2, 0) is 14.3 Å². The first-order chi connectivity index (χ1) is 8.13. The third kappa shape index (κ3) is 4.68. The first kappa shape index (κ1) is 13.2. The summed E-state index contributed by atoms with van der Waals surface area (Å²) in [6.07, 6.45) is 0.0347. The average molecular weight is 236 g/mol. The topological polar surface area (TPSA) is 63.6 Å². The number of carboxylic acids is 1. The van der Waals surface area contributed by atoms with Crippen molar-refractivity contribution in [2.45, 2.75) is 25.7 Å². The molecular formula is C13H16O4. The molecule has 0 aliphatic rings. The fourth-order valence-electron chi connectivity index (χ4n) is 1.66. The standard InChI is InChI=1S/C13H16O4/c1-2-17-13(16)9-11(8-12(14)15)10-6-4-3-5-7-10/h3-7,11H,2,8-9H2,1H3,(H,14,15)/t11-/m1/s1. The van der Waals surface area contributed by atoms with E-state index >= 15 is 0 Å². The van der Waals surface area contributed by atoms with Crippen LogP contribution in [0.5, 0.6) is 0 Å². The van der Waals surface area contributed by atoms with E-state index in [9.17, 15) is 9.59 Å². The molecule has 0 amide bonds. The molecule has 1 rings (SSSR count). The number of aliphatic carboxylic acids is 1. The van der Waals surface area contributed by atoms with Crippen LogP contribution in [-0.4, -0.2) is 23.7 Å². The molecule has 0 aliphatic carbocycles. The lowest BCUT2D eigenvalue weighted by Crippen LogP contribution is -2.13. The maximum atomic E-state index is 11.4. The van der Waals surface area contributed by atoms with Crippen LogP contribution in [0.25, 0.3) is 0 Å². The van der Waals surface area contributed by atoms with Crippen molar-refractivity contribution in [1.82, 2.24) is 0 Å². The molecule has 92 valence electrons. The molecule has 0 aliphatic heterocycles. The predicted molar refractivity (Wildman–Crippen MR) is 62.7 cm³/mol. The Balaban J connectivity index is 2.74. The van der Waals surface area contributed by atoms with Crippen LogP contribution in [0, 0.1) is 0 Å². The van der Waals surface area contributed by atoms with Gasteiger partial charge in [0.2, 0.25) is 0 Å². The van der Waals surface area contributed by atoms with Crippen molar-refractivity contribution in [2.24, 2.45) is 0 Å². The molecule has 0 saturated carbocycles. The Morgan fingerprint density at radius 1 is 1.24 bits per heavy atom. The zero-order valence-corrected chi connectivity index (χ0v) is 9.76. The summed E-state index contributed by atoms with van der Waals surface area (Å²) in [5.41, 5.74) is 0.850. The van der Waals surface area contributed by atoms with Crippen LogP contribution in [0.3, 0.4) is 0 Å². The summed E-state index contributed by atoms with van der Waals surface area (Å²) >= 11 is 0. The van der Waals surface area contributed by atoms with E-state index in [1.165, 1.54) is 0 Å². The summed E-state index contributed by atoms with van der Waals surface area (Å²) in [4.78, 5) is 22.2. The number of hydrogen-bond donors (Lipinski definition) is 1. The van der Waals surface area contributed by atoms with Gasteiger partial charge in [0.1, 0.15) is 0 Å². The number of carbonyl (C=O) groups excluding carboxylic acids is 1. The van der Waals surface area contributed by atoms with Crippen LogP contribution in [0.2, 0.25) is 0 Å². The molecule has 1 aromatic carbocycles. The second-order valence-electron chi connectivity index (χ2n) is 3.71. The second kappa shape index (κ2) is 6.68. The molecule has 0 bridgehead atoms. The number of carboxylic acid groups (broad SMARTS) is 1. The number of carbonyl (C=O) groups is 2. The van der Waals surface area contributed by atoms with Crippen molar-refractivity contribution in [1.29, 1.82) is 0 Å². The molecule has 0 aromatic heterocycles. The van der Waals surface area contributed by atoms with Crippen molar-refractivity contribution < 1.29 is 19.4 Å². The molecule has 1 N–H and O–H groups in total. The third-order valence-electron chi connectivity index (χ3n) is 2.41. The summed E-state index contributed by atoms with van der Waals surface area (Å²) in [6.45, 7) is 2.04. The largest absolute Gasteiger partial charge is 0.481 e. The minimum Gasteiger partial charge on any atom is -0.481 e. The van der Waals surface area contributed by atoms with Gasteiger partial charge in [-0.2, -0.15) is 0 Å². The Kier molecular flexibility index (Phi) is 5.20. The number of benzene rings is 1. The van der Waals surface area contributed by atoms with E-state index in [1.54, 1.807) is 6.92 Å². The van der Waals surface area contributed by atoms with E-state index in [4.69, 9.17) is 9.84 Å². The molecule has 0 heterocycles.